The number of likely N-dealkylation sites (tertiary alicyclic amines) is 3. The first-order valence-electron chi connectivity index (χ1n) is 11.2. The van der Waals surface area contributed by atoms with Crippen LogP contribution in [0.1, 0.15) is 42.1 Å². The Bertz CT molecular complexity index is 995. The molecule has 0 saturated carbocycles. The van der Waals surface area contributed by atoms with E-state index in [4.69, 9.17) is 0 Å². The molecule has 33 heavy (non-hydrogen) atoms. The number of rotatable bonds is 3. The predicted octanol–water partition coefficient (Wildman–Crippen LogP) is 3.47. The molecule has 5 rings (SSSR count). The lowest BCUT2D eigenvalue weighted by molar-refractivity contribution is -0.137. The Labute approximate surface area is 188 Å². The Balaban J connectivity index is 1.10. The topological polar surface area (TPSA) is 68.4 Å². The van der Waals surface area contributed by atoms with Gasteiger partial charge in [0.1, 0.15) is 18.0 Å². The first kappa shape index (κ1) is 22.1. The number of hydrogen-bond donors (Lipinski definition) is 1. The molecular formula is C22H26F4N6O. The highest BCUT2D eigenvalue weighted by molar-refractivity contribution is 5.76. The van der Waals surface area contributed by atoms with E-state index in [-0.39, 0.29) is 22.9 Å². The molecule has 11 heteroatoms. The van der Waals surface area contributed by atoms with Gasteiger partial charge in [-0.3, -0.25) is 4.90 Å². The van der Waals surface area contributed by atoms with Gasteiger partial charge in [0.2, 0.25) is 0 Å². The zero-order chi connectivity index (χ0) is 23.2. The normalized spacial score (nSPS) is 23.2. The van der Waals surface area contributed by atoms with Crippen molar-refractivity contribution in [3.63, 3.8) is 0 Å². The van der Waals surface area contributed by atoms with Crippen LogP contribution in [0.2, 0.25) is 0 Å². The van der Waals surface area contributed by atoms with Gasteiger partial charge in [0.05, 0.1) is 5.56 Å². The second kappa shape index (κ2) is 8.27. The molecule has 1 atom stereocenters. The van der Waals surface area contributed by atoms with Crippen LogP contribution in [0.4, 0.5) is 22.4 Å². The Morgan fingerprint density at radius 3 is 2.55 bits per heavy atom. The monoisotopic (exact) mass is 466 g/mol. The Hall–Kier alpha value is -2.69. The number of nitrogens with one attached hydrogen (secondary N) is 1. The summed E-state index contributed by atoms with van der Waals surface area (Å²) in [5.74, 6) is 0.197. The van der Waals surface area contributed by atoms with Crippen molar-refractivity contribution in [2.45, 2.75) is 37.9 Å². The number of piperidine rings is 1. The van der Waals surface area contributed by atoms with E-state index in [1.54, 1.807) is 6.33 Å². The number of carbonyl (C=O) groups excluding carboxylic acids is 1. The summed E-state index contributed by atoms with van der Waals surface area (Å²) in [6, 6.07) is 2.80. The zero-order valence-electron chi connectivity index (χ0n) is 18.1. The first-order chi connectivity index (χ1) is 15.7. The number of carbonyl (C=O) groups is 1. The molecule has 0 radical (unpaired) electrons. The molecule has 1 aromatic heterocycles. The number of alkyl halides is 3. The van der Waals surface area contributed by atoms with Crippen molar-refractivity contribution >= 4 is 6.03 Å². The molecule has 2 aromatic rings. The number of hydrogen-bond acceptors (Lipinski definition) is 4. The van der Waals surface area contributed by atoms with Crippen molar-refractivity contribution in [2.24, 2.45) is 5.41 Å². The zero-order valence-corrected chi connectivity index (χ0v) is 18.1. The summed E-state index contributed by atoms with van der Waals surface area (Å²) in [6.45, 7) is 4.55. The van der Waals surface area contributed by atoms with E-state index < -0.39 is 17.6 Å². The predicted molar refractivity (Wildman–Crippen MR) is 111 cm³/mol. The maximum absolute atomic E-state index is 14.2. The van der Waals surface area contributed by atoms with Crippen LogP contribution in [0, 0.1) is 11.2 Å². The van der Waals surface area contributed by atoms with E-state index in [2.05, 4.69) is 20.1 Å². The van der Waals surface area contributed by atoms with Gasteiger partial charge in [0.15, 0.2) is 0 Å². The van der Waals surface area contributed by atoms with Crippen molar-refractivity contribution in [2.75, 3.05) is 39.3 Å². The molecule has 3 aliphatic rings. The van der Waals surface area contributed by atoms with E-state index >= 15 is 0 Å². The molecule has 0 bridgehead atoms. The van der Waals surface area contributed by atoms with Gasteiger partial charge in [-0.25, -0.2) is 9.18 Å². The Kier molecular flexibility index (Phi) is 5.54. The number of halogens is 4. The molecule has 3 aliphatic heterocycles. The van der Waals surface area contributed by atoms with Gasteiger partial charge < -0.3 is 14.8 Å². The highest BCUT2D eigenvalue weighted by Gasteiger charge is 2.48. The summed E-state index contributed by atoms with van der Waals surface area (Å²) in [5, 5.41) is 7.88. The highest BCUT2D eigenvalue weighted by Crippen LogP contribution is 2.42. The van der Waals surface area contributed by atoms with Gasteiger partial charge in [-0.1, -0.05) is 6.07 Å². The van der Waals surface area contributed by atoms with Crippen LogP contribution in [0.3, 0.4) is 0 Å². The molecule has 3 fully saturated rings. The van der Waals surface area contributed by atoms with E-state index in [0.717, 1.165) is 57.3 Å². The van der Waals surface area contributed by atoms with Crippen molar-refractivity contribution in [1.82, 2.24) is 29.9 Å². The van der Waals surface area contributed by atoms with Gasteiger partial charge in [0, 0.05) is 49.6 Å². The summed E-state index contributed by atoms with van der Waals surface area (Å²) >= 11 is 0. The Morgan fingerprint density at radius 2 is 1.91 bits per heavy atom. The van der Waals surface area contributed by atoms with Gasteiger partial charge in [-0.15, -0.1) is 10.2 Å². The van der Waals surface area contributed by atoms with E-state index in [9.17, 15) is 22.4 Å². The molecule has 1 unspecified atom stereocenters. The molecule has 1 aromatic carbocycles. The van der Waals surface area contributed by atoms with E-state index in [1.807, 2.05) is 9.80 Å². The van der Waals surface area contributed by atoms with Crippen LogP contribution < -0.4 is 0 Å². The van der Waals surface area contributed by atoms with E-state index in [1.165, 1.54) is 6.07 Å². The molecule has 2 amide bonds. The van der Waals surface area contributed by atoms with E-state index in [0.29, 0.717) is 25.7 Å². The van der Waals surface area contributed by atoms with Crippen molar-refractivity contribution in [3.05, 3.63) is 47.3 Å². The molecule has 1 spiro atoms. The fourth-order valence-corrected chi connectivity index (χ4v) is 5.26. The van der Waals surface area contributed by atoms with Crippen LogP contribution >= 0.6 is 0 Å². The third-order valence-corrected chi connectivity index (χ3v) is 7.30. The van der Waals surface area contributed by atoms with Crippen LogP contribution in [0.25, 0.3) is 0 Å². The van der Waals surface area contributed by atoms with Crippen molar-refractivity contribution in [1.29, 1.82) is 0 Å². The molecule has 178 valence electrons. The minimum absolute atomic E-state index is 0.0666. The third kappa shape index (κ3) is 4.42. The van der Waals surface area contributed by atoms with Gasteiger partial charge in [0.25, 0.3) is 0 Å². The minimum Gasteiger partial charge on any atom is -0.331 e. The highest BCUT2D eigenvalue weighted by atomic mass is 19.4. The summed E-state index contributed by atoms with van der Waals surface area (Å²) in [6.07, 6.45) is -0.345. The number of H-pyrrole nitrogens is 1. The molecule has 3 saturated heterocycles. The number of aromatic nitrogens is 3. The maximum Gasteiger partial charge on any atom is 0.416 e. The summed E-state index contributed by atoms with van der Waals surface area (Å²) in [7, 11) is 0. The smallest absolute Gasteiger partial charge is 0.331 e. The fraction of sp³-hybridized carbons (Fsp3) is 0.591. The first-order valence-corrected chi connectivity index (χ1v) is 11.2. The maximum atomic E-state index is 14.2. The van der Waals surface area contributed by atoms with Crippen molar-refractivity contribution < 1.29 is 22.4 Å². The lowest BCUT2D eigenvalue weighted by atomic mass is 9.72. The number of amides is 2. The van der Waals surface area contributed by atoms with Crippen LogP contribution in [-0.2, 0) is 12.7 Å². The molecule has 4 heterocycles. The SMILES string of the molecule is O=C(N1CCC(c2nnc[nH]2)C1)N1CC2(CCN(Cc3ccc(C(F)(F)F)cc3F)CC2)C1. The van der Waals surface area contributed by atoms with Crippen LogP contribution in [0.15, 0.2) is 24.5 Å². The fourth-order valence-electron chi connectivity index (χ4n) is 5.26. The second-order valence-corrected chi connectivity index (χ2v) is 9.52. The summed E-state index contributed by atoms with van der Waals surface area (Å²) in [5.41, 5.74) is -0.597. The lowest BCUT2D eigenvalue weighted by Gasteiger charge is -2.54. The standard InChI is InChI=1S/C22H26F4N6O/c23-18-9-17(22(24,25)26)2-1-15(18)10-30-7-4-21(5-8-30)12-32(13-21)20(33)31-6-3-16(11-31)19-27-14-28-29-19/h1-2,9,14,16H,3-8,10-13H2,(H,27,28,29). The number of urea groups is 1. The number of benzene rings is 1. The summed E-state index contributed by atoms with van der Waals surface area (Å²) in [4.78, 5) is 21.8. The van der Waals surface area contributed by atoms with Crippen LogP contribution in [0.5, 0.6) is 0 Å². The summed E-state index contributed by atoms with van der Waals surface area (Å²) < 4.78 is 52.4. The number of nitrogens with zero attached hydrogens (tertiary/aromatic N) is 5. The third-order valence-electron chi connectivity index (χ3n) is 7.30. The largest absolute Gasteiger partial charge is 0.416 e. The quantitative estimate of drug-likeness (QED) is 0.704. The van der Waals surface area contributed by atoms with Crippen LogP contribution in [-0.4, -0.2) is 75.2 Å². The molecule has 1 N–H and O–H groups in total. The molecule has 0 aliphatic carbocycles. The molecule has 7 nitrogen and oxygen atoms in total. The van der Waals surface area contributed by atoms with Gasteiger partial charge >= 0.3 is 12.2 Å². The minimum atomic E-state index is -4.55. The average Bonchev–Trinajstić information content (AvgIpc) is 3.45. The number of aromatic amines is 1. The molecular weight excluding hydrogens is 440 g/mol. The van der Waals surface area contributed by atoms with Gasteiger partial charge in [-0.2, -0.15) is 13.2 Å². The van der Waals surface area contributed by atoms with Crippen molar-refractivity contribution in [3.8, 4) is 0 Å². The lowest BCUT2D eigenvalue weighted by Crippen LogP contribution is -2.63. The average molecular weight is 466 g/mol. The van der Waals surface area contributed by atoms with Gasteiger partial charge in [-0.05, 0) is 44.5 Å². The Morgan fingerprint density at radius 1 is 1.15 bits per heavy atom. The second-order valence-electron chi connectivity index (χ2n) is 9.52.